The van der Waals surface area contributed by atoms with Gasteiger partial charge in [0.1, 0.15) is 0 Å². The normalized spacial score (nSPS) is 13.5. The van der Waals surface area contributed by atoms with Crippen LogP contribution in [0.3, 0.4) is 0 Å². The topological polar surface area (TPSA) is 69.4 Å². The summed E-state index contributed by atoms with van der Waals surface area (Å²) in [5.74, 6) is 0.282. The zero-order valence-electron chi connectivity index (χ0n) is 9.17. The fourth-order valence-electron chi connectivity index (χ4n) is 1.41. The number of hydrogen-bond donors (Lipinski definition) is 1. The predicted octanol–water partition coefficient (Wildman–Crippen LogP) is 0.862. The average molecular weight is 303 g/mol. The van der Waals surface area contributed by atoms with Gasteiger partial charge >= 0.3 is 105 Å². The van der Waals surface area contributed by atoms with Crippen LogP contribution >= 0.6 is 0 Å². The van der Waals surface area contributed by atoms with Crippen LogP contribution in [0.5, 0.6) is 5.75 Å². The van der Waals surface area contributed by atoms with Crippen molar-refractivity contribution in [2.75, 3.05) is 7.11 Å². The Morgan fingerprint density at radius 3 is 2.56 bits per heavy atom. The molecule has 16 heavy (non-hydrogen) atoms. The van der Waals surface area contributed by atoms with Crippen molar-refractivity contribution < 1.29 is 13.2 Å². The molecule has 1 atom stereocenters. The maximum atomic E-state index is 11.3. The Bertz CT molecular complexity index is 471. The van der Waals surface area contributed by atoms with Gasteiger partial charge in [0.2, 0.25) is 0 Å². The molecule has 2 radical (unpaired) electrons. The van der Waals surface area contributed by atoms with Crippen LogP contribution in [-0.2, 0) is 16.4 Å². The first kappa shape index (κ1) is 13.6. The molecule has 1 rings (SSSR count). The van der Waals surface area contributed by atoms with Gasteiger partial charge < -0.3 is 0 Å². The zero-order chi connectivity index (χ0) is 12.3. The summed E-state index contributed by atoms with van der Waals surface area (Å²) in [6, 6.07) is 5.04. The summed E-state index contributed by atoms with van der Waals surface area (Å²) < 4.78 is 28.1. The molecule has 0 aliphatic rings. The molecule has 0 aliphatic heterocycles. The molecule has 0 fully saturated rings. The molecule has 0 aliphatic carbocycles. The van der Waals surface area contributed by atoms with E-state index >= 15 is 0 Å². The van der Waals surface area contributed by atoms with Crippen molar-refractivity contribution in [2.45, 2.75) is 22.9 Å². The van der Waals surface area contributed by atoms with E-state index in [4.69, 9.17) is 9.88 Å². The number of hydrogen-bond acceptors (Lipinski definition) is 3. The quantitative estimate of drug-likeness (QED) is 0.839. The Hall–Kier alpha value is -0.512. The second-order valence-corrected chi connectivity index (χ2v) is 6.96. The number of benzene rings is 1. The predicted molar refractivity (Wildman–Crippen MR) is 63.2 cm³/mol. The molecule has 0 aromatic heterocycles. The van der Waals surface area contributed by atoms with Gasteiger partial charge in [0.05, 0.1) is 0 Å². The molecule has 0 saturated carbocycles. The molecule has 1 unspecified atom stereocenters. The molecule has 0 heterocycles. The first-order chi connectivity index (χ1) is 7.34. The Labute approximate surface area is 105 Å². The van der Waals surface area contributed by atoms with Crippen molar-refractivity contribution in [3.63, 3.8) is 0 Å². The monoisotopic (exact) mass is 303 g/mol. The van der Waals surface area contributed by atoms with Gasteiger partial charge in [-0.25, -0.2) is 0 Å². The standard InChI is InChI=1S/C10H14AsNO3S/c1-7(11)5-8-3-4-9(15-2)10(6-8)16(12,13)14/h3-4,6-7H,5H2,1-2H3,(H2,12,13,14). The van der Waals surface area contributed by atoms with Crippen LogP contribution in [0.2, 0.25) is 4.71 Å². The number of ether oxygens (including phenoxy) is 1. The number of methoxy groups -OCH3 is 1. The third-order valence-electron chi connectivity index (χ3n) is 2.07. The van der Waals surface area contributed by atoms with E-state index in [1.54, 1.807) is 12.1 Å². The summed E-state index contributed by atoms with van der Waals surface area (Å²) in [6.45, 7) is 2.04. The van der Waals surface area contributed by atoms with Crippen LogP contribution in [0.25, 0.3) is 0 Å². The fraction of sp³-hybridized carbons (Fsp3) is 0.400. The van der Waals surface area contributed by atoms with Gasteiger partial charge in [-0.2, -0.15) is 0 Å². The van der Waals surface area contributed by atoms with Gasteiger partial charge in [-0.3, -0.25) is 0 Å². The summed E-state index contributed by atoms with van der Waals surface area (Å²) in [4.78, 5) is 0.0423. The van der Waals surface area contributed by atoms with Gasteiger partial charge in [-0.1, -0.05) is 0 Å². The van der Waals surface area contributed by atoms with Crippen LogP contribution in [0.15, 0.2) is 23.1 Å². The Balaban J connectivity index is 3.22. The van der Waals surface area contributed by atoms with Gasteiger partial charge in [-0.05, 0) is 0 Å². The summed E-state index contributed by atoms with van der Waals surface area (Å²) >= 11 is 2.52. The van der Waals surface area contributed by atoms with Gasteiger partial charge in [-0.15, -0.1) is 0 Å². The number of nitrogens with two attached hydrogens (primary N) is 1. The van der Waals surface area contributed by atoms with E-state index in [1.807, 2.05) is 13.0 Å². The maximum absolute atomic E-state index is 11.3. The molecule has 0 amide bonds. The SMILES string of the molecule is COc1ccc(CC(C)[As])cc1S(N)(=O)=O. The Morgan fingerprint density at radius 1 is 1.50 bits per heavy atom. The van der Waals surface area contributed by atoms with Crippen LogP contribution in [0.1, 0.15) is 12.5 Å². The van der Waals surface area contributed by atoms with E-state index in [-0.39, 0.29) is 10.6 Å². The molecular weight excluding hydrogens is 289 g/mol. The number of primary sulfonamides is 1. The first-order valence-electron chi connectivity index (χ1n) is 4.72. The van der Waals surface area contributed by atoms with E-state index in [9.17, 15) is 8.42 Å². The van der Waals surface area contributed by atoms with E-state index in [2.05, 4.69) is 16.9 Å². The van der Waals surface area contributed by atoms with Gasteiger partial charge in [0.15, 0.2) is 0 Å². The second kappa shape index (κ2) is 5.21. The molecule has 0 saturated heterocycles. The van der Waals surface area contributed by atoms with Crippen molar-refractivity contribution in [1.82, 2.24) is 0 Å². The van der Waals surface area contributed by atoms with Crippen molar-refractivity contribution in [3.8, 4) is 5.75 Å². The fourth-order valence-corrected chi connectivity index (χ4v) is 2.60. The van der Waals surface area contributed by atoms with Gasteiger partial charge in [0.25, 0.3) is 0 Å². The zero-order valence-corrected chi connectivity index (χ0v) is 11.9. The average Bonchev–Trinajstić information content (AvgIpc) is 2.15. The molecule has 0 spiro atoms. The molecule has 0 bridgehead atoms. The van der Waals surface area contributed by atoms with E-state index in [1.165, 1.54) is 7.11 Å². The molecule has 2 N–H and O–H groups in total. The van der Waals surface area contributed by atoms with E-state index < -0.39 is 10.0 Å². The Kier molecular flexibility index (Phi) is 4.42. The van der Waals surface area contributed by atoms with Gasteiger partial charge in [0, 0.05) is 0 Å². The molecule has 6 heteroatoms. The van der Waals surface area contributed by atoms with Crippen LogP contribution in [0, 0.1) is 0 Å². The Morgan fingerprint density at radius 2 is 2.12 bits per heavy atom. The van der Waals surface area contributed by atoms with Crippen molar-refractivity contribution in [1.29, 1.82) is 0 Å². The third kappa shape index (κ3) is 3.51. The minimum atomic E-state index is -3.73. The molecule has 4 nitrogen and oxygen atoms in total. The minimum absolute atomic E-state index is 0.0423. The number of sulfonamides is 1. The number of rotatable bonds is 4. The van der Waals surface area contributed by atoms with Crippen LogP contribution < -0.4 is 9.88 Å². The summed E-state index contributed by atoms with van der Waals surface area (Å²) in [6.07, 6.45) is 0.784. The third-order valence-corrected chi connectivity index (χ3v) is 3.38. The van der Waals surface area contributed by atoms with Crippen molar-refractivity contribution in [3.05, 3.63) is 23.8 Å². The molecule has 88 valence electrons. The van der Waals surface area contributed by atoms with E-state index in [0.29, 0.717) is 4.71 Å². The van der Waals surface area contributed by atoms with Crippen LogP contribution in [-0.4, -0.2) is 32.4 Å². The molecular formula is C10H14AsNO3S. The molecule has 1 aromatic carbocycles. The summed E-state index contributed by atoms with van der Waals surface area (Å²) in [5.41, 5.74) is 0.929. The summed E-state index contributed by atoms with van der Waals surface area (Å²) in [5, 5.41) is 5.12. The van der Waals surface area contributed by atoms with Crippen LogP contribution in [0.4, 0.5) is 0 Å². The van der Waals surface area contributed by atoms with Crippen molar-refractivity contribution >= 4 is 26.9 Å². The second-order valence-electron chi connectivity index (χ2n) is 3.58. The summed E-state index contributed by atoms with van der Waals surface area (Å²) in [7, 11) is -2.31. The molecule has 1 aromatic rings. The van der Waals surface area contributed by atoms with E-state index in [0.717, 1.165) is 12.0 Å². The first-order valence-corrected chi connectivity index (χ1v) is 7.35. The van der Waals surface area contributed by atoms with Crippen molar-refractivity contribution in [2.24, 2.45) is 5.14 Å².